The first-order chi connectivity index (χ1) is 20.3. The van der Waals surface area contributed by atoms with Gasteiger partial charge in [-0.05, 0) is 72.2 Å². The zero-order valence-electron chi connectivity index (χ0n) is 23.3. The van der Waals surface area contributed by atoms with Gasteiger partial charge in [0.05, 0.1) is 6.42 Å². The molecule has 0 unspecified atom stereocenters. The van der Waals surface area contributed by atoms with Crippen LogP contribution in [0.25, 0.3) is 10.9 Å². The Bertz CT molecular complexity index is 1470. The van der Waals surface area contributed by atoms with E-state index < -0.39 is 11.9 Å². The molecule has 0 bridgehead atoms. The Morgan fingerprint density at radius 3 is 2.29 bits per heavy atom. The molecule has 3 N–H and O–H groups in total. The number of nitrogens with one attached hydrogen (secondary N) is 1. The Balaban J connectivity index is 0.000000612. The summed E-state index contributed by atoms with van der Waals surface area (Å²) in [7, 11) is 0. The summed E-state index contributed by atoms with van der Waals surface area (Å²) >= 11 is 0. The summed E-state index contributed by atoms with van der Waals surface area (Å²) in [6.45, 7) is 3.71. The molecule has 42 heavy (non-hydrogen) atoms. The SMILES string of the molecule is O=C(Cc1ccc2ccn(C3CCN(CCc4ccc(F)cc4)CC3)c2c1)NCCc1ccccn1.O=C(O)C(=O)O. The van der Waals surface area contributed by atoms with Gasteiger partial charge in [-0.15, -0.1) is 0 Å². The van der Waals surface area contributed by atoms with Gasteiger partial charge in [0.25, 0.3) is 0 Å². The molecule has 9 nitrogen and oxygen atoms in total. The number of aromatic nitrogens is 2. The minimum atomic E-state index is -1.82. The van der Waals surface area contributed by atoms with E-state index in [2.05, 4.69) is 50.2 Å². The summed E-state index contributed by atoms with van der Waals surface area (Å²) in [6.07, 6.45) is 8.24. The highest BCUT2D eigenvalue weighted by atomic mass is 19.1. The largest absolute Gasteiger partial charge is 0.473 e. The second kappa shape index (κ2) is 14.9. The first-order valence-electron chi connectivity index (χ1n) is 14.0. The number of aliphatic carboxylic acids is 2. The molecular weight excluding hydrogens is 539 g/mol. The molecule has 0 aliphatic carbocycles. The van der Waals surface area contributed by atoms with Gasteiger partial charge >= 0.3 is 11.9 Å². The van der Waals surface area contributed by atoms with Crippen LogP contribution in [0.4, 0.5) is 4.39 Å². The standard InChI is InChI=1S/C30H33FN4O.C2H2O4/c31-26-8-5-23(6-9-26)11-17-34-18-13-28(14-19-34)35-20-12-25-7-4-24(21-29(25)35)22-30(36)33-16-10-27-3-1-2-15-32-27;3-1(4)2(5)6/h1-9,12,15,20-21,28H,10-11,13-14,16-19,22H2,(H,33,36);(H,3,4)(H,5,6). The van der Waals surface area contributed by atoms with Crippen LogP contribution in [0.1, 0.15) is 35.7 Å². The highest BCUT2D eigenvalue weighted by molar-refractivity contribution is 6.27. The molecule has 2 aromatic heterocycles. The van der Waals surface area contributed by atoms with Crippen molar-refractivity contribution >= 4 is 28.7 Å². The van der Waals surface area contributed by atoms with Gasteiger partial charge in [-0.25, -0.2) is 14.0 Å². The number of carboxylic acids is 2. The van der Waals surface area contributed by atoms with Crippen LogP contribution in [0.3, 0.4) is 0 Å². The van der Waals surface area contributed by atoms with Crippen LogP contribution in [0.5, 0.6) is 0 Å². The number of benzene rings is 2. The van der Waals surface area contributed by atoms with Crippen LogP contribution in [0, 0.1) is 5.82 Å². The first-order valence-corrected chi connectivity index (χ1v) is 14.0. The normalized spacial score (nSPS) is 13.7. The van der Waals surface area contributed by atoms with Crippen molar-refractivity contribution in [2.75, 3.05) is 26.2 Å². The van der Waals surface area contributed by atoms with E-state index in [1.54, 1.807) is 18.3 Å². The van der Waals surface area contributed by atoms with Crippen molar-refractivity contribution < 1.29 is 29.0 Å². The molecule has 10 heteroatoms. The Labute approximate surface area is 243 Å². The number of pyridine rings is 1. The Hall–Kier alpha value is -4.57. The molecule has 5 rings (SSSR count). The second-order valence-electron chi connectivity index (χ2n) is 10.3. The molecule has 220 valence electrons. The number of likely N-dealkylation sites (tertiary alicyclic amines) is 1. The molecule has 4 aromatic rings. The average molecular weight is 575 g/mol. The molecule has 1 amide bonds. The highest BCUT2D eigenvalue weighted by Gasteiger charge is 2.21. The van der Waals surface area contributed by atoms with Crippen LogP contribution < -0.4 is 5.32 Å². The van der Waals surface area contributed by atoms with Gasteiger partial charge in [-0.1, -0.05) is 30.3 Å². The van der Waals surface area contributed by atoms with E-state index in [0.717, 1.165) is 56.6 Å². The van der Waals surface area contributed by atoms with Crippen molar-refractivity contribution in [3.8, 4) is 0 Å². The number of carbonyl (C=O) groups excluding carboxylic acids is 1. The van der Waals surface area contributed by atoms with Crippen LogP contribution in [-0.2, 0) is 33.6 Å². The number of hydrogen-bond acceptors (Lipinski definition) is 5. The molecular formula is C32H35FN4O5. The summed E-state index contributed by atoms with van der Waals surface area (Å²) in [5.74, 6) is -3.79. The van der Waals surface area contributed by atoms with Crippen molar-refractivity contribution in [3.05, 3.63) is 102 Å². The van der Waals surface area contributed by atoms with E-state index in [1.807, 2.05) is 30.3 Å². The fraction of sp³-hybridized carbons (Fsp3) is 0.312. The van der Waals surface area contributed by atoms with Gasteiger partial charge < -0.3 is 25.0 Å². The maximum Gasteiger partial charge on any atom is 0.414 e. The molecule has 1 aliphatic rings. The Kier molecular flexibility index (Phi) is 10.8. The second-order valence-corrected chi connectivity index (χ2v) is 10.3. The quantitative estimate of drug-likeness (QED) is 0.257. The monoisotopic (exact) mass is 574 g/mol. The summed E-state index contributed by atoms with van der Waals surface area (Å²) in [4.78, 5) is 37.5. The summed E-state index contributed by atoms with van der Waals surface area (Å²) < 4.78 is 15.5. The molecule has 1 fully saturated rings. The smallest absolute Gasteiger partial charge is 0.414 e. The topological polar surface area (TPSA) is 125 Å². The Morgan fingerprint density at radius 1 is 0.905 bits per heavy atom. The maximum atomic E-state index is 13.1. The van der Waals surface area contributed by atoms with Crippen molar-refractivity contribution in [2.45, 2.75) is 38.1 Å². The molecule has 0 radical (unpaired) electrons. The lowest BCUT2D eigenvalue weighted by molar-refractivity contribution is -0.159. The Morgan fingerprint density at radius 2 is 1.62 bits per heavy atom. The number of fused-ring (bicyclic) bond motifs is 1. The zero-order chi connectivity index (χ0) is 29.9. The predicted molar refractivity (Wildman–Crippen MR) is 157 cm³/mol. The third kappa shape index (κ3) is 8.97. The molecule has 0 spiro atoms. The van der Waals surface area contributed by atoms with E-state index in [9.17, 15) is 9.18 Å². The maximum absolute atomic E-state index is 13.1. The van der Waals surface area contributed by atoms with Crippen molar-refractivity contribution in [2.24, 2.45) is 0 Å². The number of halogens is 1. The molecule has 0 atom stereocenters. The van der Waals surface area contributed by atoms with Gasteiger partial charge in [-0.2, -0.15) is 0 Å². The van der Waals surface area contributed by atoms with Gasteiger partial charge in [0.1, 0.15) is 5.82 Å². The van der Waals surface area contributed by atoms with E-state index in [0.29, 0.717) is 19.0 Å². The van der Waals surface area contributed by atoms with E-state index >= 15 is 0 Å². The van der Waals surface area contributed by atoms with Crippen molar-refractivity contribution in [1.82, 2.24) is 19.8 Å². The fourth-order valence-electron chi connectivity index (χ4n) is 5.11. The van der Waals surface area contributed by atoms with Crippen LogP contribution in [0.15, 0.2) is 79.1 Å². The molecule has 2 aromatic carbocycles. The van der Waals surface area contributed by atoms with Gasteiger partial charge in [-0.3, -0.25) is 9.78 Å². The fourth-order valence-corrected chi connectivity index (χ4v) is 5.11. The first kappa shape index (κ1) is 30.4. The van der Waals surface area contributed by atoms with E-state index in [1.165, 1.54) is 16.5 Å². The van der Waals surface area contributed by atoms with Crippen LogP contribution in [0.2, 0.25) is 0 Å². The molecule has 1 saturated heterocycles. The number of nitrogens with zero attached hydrogens (tertiary/aromatic N) is 3. The minimum absolute atomic E-state index is 0.0397. The number of carbonyl (C=O) groups is 3. The van der Waals surface area contributed by atoms with Crippen LogP contribution >= 0.6 is 0 Å². The zero-order valence-corrected chi connectivity index (χ0v) is 23.3. The summed E-state index contributed by atoms with van der Waals surface area (Å²) in [6, 6.07) is 21.7. The highest BCUT2D eigenvalue weighted by Crippen LogP contribution is 2.28. The number of piperidine rings is 1. The molecule has 1 aliphatic heterocycles. The predicted octanol–water partition coefficient (Wildman–Crippen LogP) is 4.11. The number of carboxylic acid groups (broad SMARTS) is 2. The third-order valence-electron chi connectivity index (χ3n) is 7.35. The molecule has 3 heterocycles. The van der Waals surface area contributed by atoms with Crippen LogP contribution in [-0.4, -0.2) is 68.7 Å². The van der Waals surface area contributed by atoms with E-state index in [-0.39, 0.29) is 11.7 Å². The van der Waals surface area contributed by atoms with Crippen molar-refractivity contribution in [1.29, 1.82) is 0 Å². The number of amides is 1. The van der Waals surface area contributed by atoms with Crippen molar-refractivity contribution in [3.63, 3.8) is 0 Å². The molecule has 0 saturated carbocycles. The number of rotatable bonds is 9. The minimum Gasteiger partial charge on any atom is -0.473 e. The summed E-state index contributed by atoms with van der Waals surface area (Å²) in [5.41, 5.74) is 4.41. The lowest BCUT2D eigenvalue weighted by Gasteiger charge is -2.33. The average Bonchev–Trinajstić information content (AvgIpc) is 3.41. The van der Waals surface area contributed by atoms with Gasteiger partial charge in [0, 0.05) is 62.2 Å². The lowest BCUT2D eigenvalue weighted by atomic mass is 10.0. The third-order valence-corrected chi connectivity index (χ3v) is 7.35. The van der Waals surface area contributed by atoms with E-state index in [4.69, 9.17) is 19.8 Å². The van der Waals surface area contributed by atoms with Gasteiger partial charge in [0.2, 0.25) is 5.91 Å². The van der Waals surface area contributed by atoms with Gasteiger partial charge in [0.15, 0.2) is 0 Å². The lowest BCUT2D eigenvalue weighted by Crippen LogP contribution is -2.35. The number of hydrogen-bond donors (Lipinski definition) is 3. The summed E-state index contributed by atoms with van der Waals surface area (Å²) in [5, 5.41) is 19.0.